The van der Waals surface area contributed by atoms with Crippen LogP contribution in [0.4, 0.5) is 0 Å². The Balaban J connectivity index is 2.96. The number of nitrogens with two attached hydrogens (primary N) is 3. The lowest BCUT2D eigenvalue weighted by atomic mass is 10.3. The third-order valence-corrected chi connectivity index (χ3v) is 1.30. The maximum Gasteiger partial charge on any atom is 0.158 e. The van der Waals surface area contributed by atoms with Crippen molar-refractivity contribution in [3.8, 4) is 0 Å². The second kappa shape index (κ2) is 2.09. The molecule has 1 rings (SSSR count). The van der Waals surface area contributed by atoms with Gasteiger partial charge in [-0.25, -0.2) is 0 Å². The molecule has 56 valence electrons. The lowest BCUT2D eigenvalue weighted by molar-refractivity contribution is 0.474. The lowest BCUT2D eigenvalue weighted by Crippen LogP contribution is -2.54. The van der Waals surface area contributed by atoms with E-state index in [1.165, 1.54) is 0 Å². The highest BCUT2D eigenvalue weighted by Crippen LogP contribution is 2.05. The molecule has 0 spiro atoms. The fourth-order valence-electron chi connectivity index (χ4n) is 0.757. The summed E-state index contributed by atoms with van der Waals surface area (Å²) < 4.78 is 0. The van der Waals surface area contributed by atoms with Gasteiger partial charge in [0, 0.05) is 5.69 Å². The molecule has 4 nitrogen and oxygen atoms in total. The van der Waals surface area contributed by atoms with E-state index in [-0.39, 0.29) is 0 Å². The Morgan fingerprint density at radius 1 is 1.30 bits per heavy atom. The molecule has 0 saturated carbocycles. The molecule has 10 heavy (non-hydrogen) atoms. The Labute approximate surface area is 59.4 Å². The van der Waals surface area contributed by atoms with Gasteiger partial charge in [0.05, 0.1) is 5.69 Å². The SMILES string of the molecule is Cc1ccc(C(N)(N)N)[nH]1. The van der Waals surface area contributed by atoms with Crippen molar-refractivity contribution in [3.05, 3.63) is 23.5 Å². The Morgan fingerprint density at radius 2 is 1.90 bits per heavy atom. The summed E-state index contributed by atoms with van der Waals surface area (Å²) in [5, 5.41) is 0. The van der Waals surface area contributed by atoms with Crippen LogP contribution in [0, 0.1) is 6.92 Å². The minimum Gasteiger partial charge on any atom is -0.359 e. The van der Waals surface area contributed by atoms with Gasteiger partial charge in [-0.1, -0.05) is 0 Å². The van der Waals surface area contributed by atoms with Crippen molar-refractivity contribution in [3.63, 3.8) is 0 Å². The van der Waals surface area contributed by atoms with Crippen LogP contribution in [-0.4, -0.2) is 4.98 Å². The van der Waals surface area contributed by atoms with Gasteiger partial charge in [0.1, 0.15) is 0 Å². The number of aryl methyl sites for hydroxylation is 1. The summed E-state index contributed by atoms with van der Waals surface area (Å²) in [5.41, 5.74) is 17.8. The highest BCUT2D eigenvalue weighted by molar-refractivity contribution is 5.16. The molecule has 0 aliphatic rings. The van der Waals surface area contributed by atoms with Crippen LogP contribution >= 0.6 is 0 Å². The first-order valence-electron chi connectivity index (χ1n) is 3.03. The van der Waals surface area contributed by atoms with E-state index in [1.807, 2.05) is 13.0 Å². The van der Waals surface area contributed by atoms with Crippen LogP contribution in [0.3, 0.4) is 0 Å². The van der Waals surface area contributed by atoms with E-state index >= 15 is 0 Å². The monoisotopic (exact) mass is 140 g/mol. The van der Waals surface area contributed by atoms with Crippen molar-refractivity contribution in [2.24, 2.45) is 17.2 Å². The van der Waals surface area contributed by atoms with Gasteiger partial charge in [0.2, 0.25) is 0 Å². The summed E-state index contributed by atoms with van der Waals surface area (Å²) in [4.78, 5) is 2.94. The van der Waals surface area contributed by atoms with Crippen molar-refractivity contribution in [1.29, 1.82) is 0 Å². The van der Waals surface area contributed by atoms with Crippen LogP contribution in [-0.2, 0) is 5.79 Å². The Hall–Kier alpha value is -0.840. The van der Waals surface area contributed by atoms with Gasteiger partial charge < -0.3 is 4.98 Å². The lowest BCUT2D eigenvalue weighted by Gasteiger charge is -2.15. The van der Waals surface area contributed by atoms with Gasteiger partial charge >= 0.3 is 0 Å². The smallest absolute Gasteiger partial charge is 0.158 e. The number of rotatable bonds is 1. The molecule has 0 unspecified atom stereocenters. The molecule has 0 saturated heterocycles. The van der Waals surface area contributed by atoms with E-state index in [0.717, 1.165) is 5.69 Å². The fraction of sp³-hybridized carbons (Fsp3) is 0.333. The molecule has 1 aromatic heterocycles. The molecule has 4 heteroatoms. The molecule has 0 aromatic carbocycles. The molecule has 1 heterocycles. The van der Waals surface area contributed by atoms with Gasteiger partial charge in [-0.2, -0.15) is 0 Å². The van der Waals surface area contributed by atoms with Crippen LogP contribution < -0.4 is 17.2 Å². The topological polar surface area (TPSA) is 93.8 Å². The van der Waals surface area contributed by atoms with Crippen LogP contribution in [0.2, 0.25) is 0 Å². The summed E-state index contributed by atoms with van der Waals surface area (Å²) in [6.45, 7) is 1.91. The number of aromatic amines is 1. The van der Waals surface area contributed by atoms with E-state index in [0.29, 0.717) is 5.69 Å². The van der Waals surface area contributed by atoms with Crippen molar-refractivity contribution >= 4 is 0 Å². The third-order valence-electron chi connectivity index (χ3n) is 1.30. The minimum atomic E-state index is -1.24. The van der Waals surface area contributed by atoms with Crippen LogP contribution in [0.25, 0.3) is 0 Å². The Bertz CT molecular complexity index is 220. The van der Waals surface area contributed by atoms with Crippen LogP contribution in [0.5, 0.6) is 0 Å². The van der Waals surface area contributed by atoms with E-state index in [9.17, 15) is 0 Å². The van der Waals surface area contributed by atoms with Crippen molar-refractivity contribution < 1.29 is 0 Å². The zero-order valence-corrected chi connectivity index (χ0v) is 5.89. The second-order valence-electron chi connectivity index (χ2n) is 2.49. The molecule has 1 aromatic rings. The van der Waals surface area contributed by atoms with E-state index in [1.54, 1.807) is 6.07 Å². The fourth-order valence-corrected chi connectivity index (χ4v) is 0.757. The molecule has 0 amide bonds. The first-order valence-corrected chi connectivity index (χ1v) is 3.03. The largest absolute Gasteiger partial charge is 0.359 e. The zero-order valence-electron chi connectivity index (χ0n) is 5.89. The van der Waals surface area contributed by atoms with Crippen molar-refractivity contribution in [1.82, 2.24) is 4.98 Å². The summed E-state index contributed by atoms with van der Waals surface area (Å²) in [6, 6.07) is 3.64. The predicted molar refractivity (Wildman–Crippen MR) is 39.8 cm³/mol. The van der Waals surface area contributed by atoms with Gasteiger partial charge in [-0.3, -0.25) is 17.2 Å². The normalized spacial score (nSPS) is 12.0. The molecule has 0 radical (unpaired) electrons. The predicted octanol–water partition coefficient (Wildman–Crippen LogP) is -0.690. The molecular formula is C6H12N4. The van der Waals surface area contributed by atoms with Gasteiger partial charge in [0.15, 0.2) is 5.79 Å². The van der Waals surface area contributed by atoms with E-state index < -0.39 is 5.79 Å². The number of aromatic nitrogens is 1. The summed E-state index contributed by atoms with van der Waals surface area (Å²) in [5.74, 6) is -1.24. The van der Waals surface area contributed by atoms with E-state index in [4.69, 9.17) is 17.2 Å². The van der Waals surface area contributed by atoms with E-state index in [2.05, 4.69) is 4.98 Å². The summed E-state index contributed by atoms with van der Waals surface area (Å²) in [7, 11) is 0. The van der Waals surface area contributed by atoms with Gasteiger partial charge in [-0.15, -0.1) is 0 Å². The third kappa shape index (κ3) is 1.36. The van der Waals surface area contributed by atoms with Crippen molar-refractivity contribution in [2.45, 2.75) is 12.7 Å². The molecule has 0 bridgehead atoms. The number of H-pyrrole nitrogens is 1. The number of hydrogen-bond donors (Lipinski definition) is 4. The molecule has 7 N–H and O–H groups in total. The number of hydrogen-bond acceptors (Lipinski definition) is 3. The first-order chi connectivity index (χ1) is 4.50. The zero-order chi connectivity index (χ0) is 7.78. The average Bonchev–Trinajstić information content (AvgIpc) is 2.11. The maximum absolute atomic E-state index is 5.39. The average molecular weight is 140 g/mol. The number of nitrogens with one attached hydrogen (secondary N) is 1. The highest BCUT2D eigenvalue weighted by Gasteiger charge is 2.15. The molecule has 0 atom stereocenters. The van der Waals surface area contributed by atoms with Crippen LogP contribution in [0.15, 0.2) is 12.1 Å². The molecule has 0 aliphatic carbocycles. The molecular weight excluding hydrogens is 128 g/mol. The Kier molecular flexibility index (Phi) is 1.52. The van der Waals surface area contributed by atoms with Gasteiger partial charge in [0.25, 0.3) is 0 Å². The second-order valence-corrected chi connectivity index (χ2v) is 2.49. The summed E-state index contributed by atoms with van der Waals surface area (Å²) in [6.07, 6.45) is 0. The summed E-state index contributed by atoms with van der Waals surface area (Å²) >= 11 is 0. The first kappa shape index (κ1) is 7.27. The maximum atomic E-state index is 5.39. The molecule has 0 aliphatic heterocycles. The highest BCUT2D eigenvalue weighted by atomic mass is 15.1. The van der Waals surface area contributed by atoms with Crippen molar-refractivity contribution in [2.75, 3.05) is 0 Å². The molecule has 0 fully saturated rings. The van der Waals surface area contributed by atoms with Gasteiger partial charge in [-0.05, 0) is 19.1 Å². The van der Waals surface area contributed by atoms with Crippen LogP contribution in [0.1, 0.15) is 11.4 Å². The standard InChI is InChI=1S/C6H12N4/c1-4-2-3-5(10-4)6(7,8)9/h2-3,10H,7-9H2,1H3. The quantitative estimate of drug-likeness (QED) is 0.389. The Morgan fingerprint density at radius 3 is 2.10 bits per heavy atom. The minimum absolute atomic E-state index is 0.644.